The molecule has 144 valence electrons. The van der Waals surface area contributed by atoms with Crippen molar-refractivity contribution in [2.45, 2.75) is 59.5 Å². The van der Waals surface area contributed by atoms with Crippen LogP contribution < -0.4 is 16.0 Å². The smallest absolute Gasteiger partial charge is 0.394 e. The summed E-state index contributed by atoms with van der Waals surface area (Å²) in [5, 5.41) is 9.50. The quantitative estimate of drug-likeness (QED) is 0.390. The van der Waals surface area contributed by atoms with Crippen LogP contribution in [0.2, 0.25) is 0 Å². The molecule has 1 aromatic heterocycles. The van der Waals surface area contributed by atoms with Gasteiger partial charge in [-0.2, -0.15) is 4.57 Å². The highest BCUT2D eigenvalue weighted by atomic mass is 31.2. The lowest BCUT2D eigenvalue weighted by Gasteiger charge is -2.24. The molecule has 0 saturated carbocycles. The standard InChI is InChI=1S/C14H27N4O6P/c1-9(2)23-25(21,24-10(3)4)8-22-12(7-19)6-18-13(15)16-11(5)17-14(18)20/h9-10,12,19H,6-8H2,1-5H3,(H2,15,16,17,20)/p+1/t12-/m0/s1. The average molecular weight is 379 g/mol. The van der Waals surface area contributed by atoms with Crippen LogP contribution in [0.3, 0.4) is 0 Å². The van der Waals surface area contributed by atoms with Crippen LogP contribution in [-0.2, 0) is 24.9 Å². The van der Waals surface area contributed by atoms with E-state index in [1.807, 2.05) is 0 Å². The van der Waals surface area contributed by atoms with Gasteiger partial charge in [0.2, 0.25) is 5.82 Å². The summed E-state index contributed by atoms with van der Waals surface area (Å²) in [5.74, 6) is 0.365. The summed E-state index contributed by atoms with van der Waals surface area (Å²) in [6, 6.07) is 0. The van der Waals surface area contributed by atoms with Crippen LogP contribution in [0.1, 0.15) is 33.5 Å². The van der Waals surface area contributed by atoms with Gasteiger partial charge in [-0.1, -0.05) is 4.98 Å². The number of aryl methyl sites for hydroxylation is 1. The molecule has 0 aliphatic carbocycles. The maximum absolute atomic E-state index is 12.7. The number of rotatable bonds is 10. The SMILES string of the molecule is Cc1nc(N)[n+](C[C@@H](CO)OCP(=O)(OC(C)C)OC(C)C)c(=O)[nH]1. The number of nitrogens with zero attached hydrogens (tertiary/aromatic N) is 2. The fourth-order valence-corrected chi connectivity index (χ4v) is 3.90. The number of aromatic nitrogens is 3. The number of aliphatic hydroxyl groups excluding tert-OH is 1. The van der Waals surface area contributed by atoms with Crippen molar-refractivity contribution in [2.75, 3.05) is 18.7 Å². The Labute approximate surface area is 146 Å². The summed E-state index contributed by atoms with van der Waals surface area (Å²) in [6.45, 7) is 8.05. The molecular weight excluding hydrogens is 351 g/mol. The van der Waals surface area contributed by atoms with E-state index in [1.54, 1.807) is 34.6 Å². The molecule has 11 heteroatoms. The predicted molar refractivity (Wildman–Crippen MR) is 91.1 cm³/mol. The molecule has 0 aliphatic heterocycles. The maximum atomic E-state index is 12.7. The third kappa shape index (κ3) is 7.21. The first kappa shape index (κ1) is 21.7. The number of H-pyrrole nitrogens is 1. The third-order valence-corrected chi connectivity index (χ3v) is 4.84. The van der Waals surface area contributed by atoms with Crippen LogP contribution in [0, 0.1) is 6.92 Å². The number of ether oxygens (including phenoxy) is 1. The molecule has 1 heterocycles. The highest BCUT2D eigenvalue weighted by Crippen LogP contribution is 2.50. The molecule has 0 spiro atoms. The Bertz CT molecular complexity index is 649. The van der Waals surface area contributed by atoms with Crippen LogP contribution in [0.15, 0.2) is 4.79 Å². The maximum Gasteiger partial charge on any atom is 0.416 e. The van der Waals surface area contributed by atoms with Gasteiger partial charge in [0.25, 0.3) is 0 Å². The van der Waals surface area contributed by atoms with E-state index in [0.717, 1.165) is 4.57 Å². The van der Waals surface area contributed by atoms with Crippen molar-refractivity contribution in [2.24, 2.45) is 0 Å². The van der Waals surface area contributed by atoms with Gasteiger partial charge in [-0.15, -0.1) is 0 Å². The van der Waals surface area contributed by atoms with E-state index in [-0.39, 0.29) is 31.0 Å². The molecule has 0 saturated heterocycles. The topological polar surface area (TPSA) is 141 Å². The van der Waals surface area contributed by atoms with Crippen LogP contribution in [0.5, 0.6) is 0 Å². The van der Waals surface area contributed by atoms with Crippen molar-refractivity contribution in [3.63, 3.8) is 0 Å². The van der Waals surface area contributed by atoms with Gasteiger partial charge in [-0.3, -0.25) is 4.57 Å². The molecule has 0 unspecified atom stereocenters. The van der Waals surface area contributed by atoms with Crippen LogP contribution in [-0.4, -0.2) is 46.3 Å². The molecule has 10 nitrogen and oxygen atoms in total. The van der Waals surface area contributed by atoms with Crippen molar-refractivity contribution in [1.29, 1.82) is 0 Å². The summed E-state index contributed by atoms with van der Waals surface area (Å²) in [5.41, 5.74) is 5.25. The van der Waals surface area contributed by atoms with Crippen molar-refractivity contribution >= 4 is 13.5 Å². The number of anilines is 1. The van der Waals surface area contributed by atoms with E-state index in [1.165, 1.54) is 0 Å². The number of aromatic amines is 1. The van der Waals surface area contributed by atoms with E-state index >= 15 is 0 Å². The number of hydrogen-bond acceptors (Lipinski definition) is 8. The second-order valence-corrected chi connectivity index (χ2v) is 8.02. The zero-order valence-corrected chi connectivity index (χ0v) is 16.2. The monoisotopic (exact) mass is 379 g/mol. The van der Waals surface area contributed by atoms with Gasteiger partial charge >= 0.3 is 19.2 Å². The van der Waals surface area contributed by atoms with E-state index in [2.05, 4.69) is 9.97 Å². The summed E-state index contributed by atoms with van der Waals surface area (Å²) < 4.78 is 30.1. The molecule has 4 N–H and O–H groups in total. The Morgan fingerprint density at radius 2 is 1.84 bits per heavy atom. The molecule has 0 bridgehead atoms. The van der Waals surface area contributed by atoms with Gasteiger partial charge in [0, 0.05) is 6.92 Å². The second-order valence-electron chi connectivity index (χ2n) is 6.12. The van der Waals surface area contributed by atoms with Crippen LogP contribution in [0.25, 0.3) is 0 Å². The Kier molecular flexibility index (Phi) is 8.17. The average Bonchev–Trinajstić information content (AvgIpc) is 2.43. The Morgan fingerprint density at radius 3 is 2.28 bits per heavy atom. The van der Waals surface area contributed by atoms with Gasteiger partial charge in [-0.25, -0.2) is 9.78 Å². The lowest BCUT2D eigenvalue weighted by molar-refractivity contribution is -0.709. The van der Waals surface area contributed by atoms with Crippen molar-refractivity contribution < 1.29 is 28.0 Å². The highest BCUT2D eigenvalue weighted by Gasteiger charge is 2.30. The largest absolute Gasteiger partial charge is 0.416 e. The van der Waals surface area contributed by atoms with E-state index in [4.69, 9.17) is 19.5 Å². The normalized spacial score (nSPS) is 13.6. The van der Waals surface area contributed by atoms with Gasteiger partial charge in [0.05, 0.1) is 25.4 Å². The fraction of sp³-hybridized carbons (Fsp3) is 0.786. The predicted octanol–water partition coefficient (Wildman–Crippen LogP) is 0.326. The van der Waals surface area contributed by atoms with Crippen molar-refractivity contribution in [3.8, 4) is 0 Å². The summed E-state index contributed by atoms with van der Waals surface area (Å²) in [4.78, 5) is 18.4. The number of hydrogen-bond donors (Lipinski definition) is 3. The minimum atomic E-state index is -3.51. The molecule has 0 aliphatic rings. The van der Waals surface area contributed by atoms with Gasteiger partial charge in [0.1, 0.15) is 12.5 Å². The van der Waals surface area contributed by atoms with Gasteiger partial charge in [-0.05, 0) is 27.7 Å². The molecule has 0 amide bonds. The molecule has 1 rings (SSSR count). The number of nitrogen functional groups attached to an aromatic ring is 1. The van der Waals surface area contributed by atoms with Gasteiger partial charge in [0.15, 0.2) is 0 Å². The molecule has 1 aromatic rings. The van der Waals surface area contributed by atoms with E-state index < -0.39 is 26.0 Å². The fourth-order valence-electron chi connectivity index (χ4n) is 2.05. The van der Waals surface area contributed by atoms with Crippen LogP contribution in [0.4, 0.5) is 5.95 Å². The highest BCUT2D eigenvalue weighted by molar-refractivity contribution is 7.53. The summed E-state index contributed by atoms with van der Waals surface area (Å²) in [7, 11) is -3.51. The molecule has 0 radical (unpaired) electrons. The zero-order chi connectivity index (χ0) is 19.2. The molecule has 25 heavy (non-hydrogen) atoms. The molecule has 0 fully saturated rings. The Hall–Kier alpha value is -1.32. The minimum absolute atomic E-state index is 0.0108. The summed E-state index contributed by atoms with van der Waals surface area (Å²) >= 11 is 0. The molecule has 1 atom stereocenters. The zero-order valence-electron chi connectivity index (χ0n) is 15.3. The first-order valence-corrected chi connectivity index (χ1v) is 9.73. The third-order valence-electron chi connectivity index (χ3n) is 2.89. The molecule has 0 aromatic carbocycles. The number of aliphatic hydroxyl groups is 1. The van der Waals surface area contributed by atoms with Crippen LogP contribution >= 0.6 is 7.60 Å². The molecular formula is C14H28N4O6P+. The van der Waals surface area contributed by atoms with Crippen molar-refractivity contribution in [3.05, 3.63) is 16.3 Å². The first-order chi connectivity index (χ1) is 11.6. The first-order valence-electron chi connectivity index (χ1n) is 8.01. The Morgan fingerprint density at radius 1 is 1.28 bits per heavy atom. The second kappa shape index (κ2) is 9.40. The number of nitrogens with two attached hydrogens (primary N) is 1. The van der Waals surface area contributed by atoms with E-state index in [9.17, 15) is 14.5 Å². The lowest BCUT2D eigenvalue weighted by Crippen LogP contribution is -2.57. The van der Waals surface area contributed by atoms with Crippen molar-refractivity contribution in [1.82, 2.24) is 9.97 Å². The Balaban J connectivity index is 2.84. The number of nitrogens with one attached hydrogen (secondary N) is 1. The summed E-state index contributed by atoms with van der Waals surface area (Å²) in [6.07, 6.45) is -1.84. The minimum Gasteiger partial charge on any atom is -0.394 e. The van der Waals surface area contributed by atoms with Gasteiger partial charge < -0.3 is 24.6 Å². The lowest BCUT2D eigenvalue weighted by atomic mass is 10.4. The van der Waals surface area contributed by atoms with E-state index in [0.29, 0.717) is 5.82 Å².